The number of anilines is 1. The Morgan fingerprint density at radius 3 is 2.54 bits per heavy atom. The molecular formula is C21H14Cl3N3O. The fraction of sp³-hybridized carbons (Fsp3) is 0.0476. The number of aromatic hydroxyl groups is 1. The van der Waals surface area contributed by atoms with Crippen molar-refractivity contribution in [2.24, 2.45) is 0 Å². The number of hydrogen-bond acceptors (Lipinski definition) is 4. The average molecular weight is 431 g/mol. The first-order chi connectivity index (χ1) is 13.5. The summed E-state index contributed by atoms with van der Waals surface area (Å²) in [5.74, 6) is 0.607. The van der Waals surface area contributed by atoms with Crippen LogP contribution in [0.1, 0.15) is 17.2 Å². The van der Waals surface area contributed by atoms with Gasteiger partial charge in [0, 0.05) is 34.4 Å². The molecule has 0 radical (unpaired) electrons. The summed E-state index contributed by atoms with van der Waals surface area (Å²) in [6.45, 7) is 0. The van der Waals surface area contributed by atoms with Crippen LogP contribution in [0.15, 0.2) is 67.0 Å². The van der Waals surface area contributed by atoms with E-state index in [1.54, 1.807) is 18.3 Å². The van der Waals surface area contributed by atoms with Gasteiger partial charge in [-0.05, 0) is 23.8 Å². The molecule has 0 saturated carbocycles. The molecule has 4 nitrogen and oxygen atoms in total. The van der Waals surface area contributed by atoms with Gasteiger partial charge in [-0.2, -0.15) is 0 Å². The Balaban J connectivity index is 1.85. The lowest BCUT2D eigenvalue weighted by Gasteiger charge is -2.22. The molecule has 0 aliphatic heterocycles. The minimum absolute atomic E-state index is 0.0932. The Bertz CT molecular complexity index is 1170. The lowest BCUT2D eigenvalue weighted by atomic mass is 9.96. The smallest absolute Gasteiger partial charge is 0.147 e. The summed E-state index contributed by atoms with van der Waals surface area (Å²) in [6.07, 6.45) is 3.12. The minimum atomic E-state index is -0.435. The Morgan fingerprint density at radius 1 is 0.893 bits per heavy atom. The number of rotatable bonds is 4. The molecule has 0 saturated heterocycles. The molecule has 0 spiro atoms. The van der Waals surface area contributed by atoms with Crippen molar-refractivity contribution >= 4 is 51.5 Å². The second-order valence-electron chi connectivity index (χ2n) is 6.19. The summed E-state index contributed by atoms with van der Waals surface area (Å²) in [4.78, 5) is 8.60. The molecule has 0 aliphatic carbocycles. The summed E-state index contributed by atoms with van der Waals surface area (Å²) in [7, 11) is 0. The number of hydrogen-bond donors (Lipinski definition) is 2. The maximum absolute atomic E-state index is 10.9. The van der Waals surface area contributed by atoms with E-state index in [2.05, 4.69) is 15.3 Å². The van der Waals surface area contributed by atoms with Crippen LogP contribution in [0.25, 0.3) is 10.9 Å². The zero-order chi connectivity index (χ0) is 19.7. The molecule has 28 heavy (non-hydrogen) atoms. The fourth-order valence-electron chi connectivity index (χ4n) is 3.05. The summed E-state index contributed by atoms with van der Waals surface area (Å²) < 4.78 is 0. The molecule has 4 rings (SSSR count). The van der Waals surface area contributed by atoms with Crippen LogP contribution in [-0.2, 0) is 0 Å². The van der Waals surface area contributed by atoms with Gasteiger partial charge in [0.25, 0.3) is 0 Å². The molecule has 0 fully saturated rings. The van der Waals surface area contributed by atoms with E-state index in [1.807, 2.05) is 42.5 Å². The molecule has 2 aromatic heterocycles. The molecule has 140 valence electrons. The van der Waals surface area contributed by atoms with Gasteiger partial charge in [0.15, 0.2) is 0 Å². The highest BCUT2D eigenvalue weighted by Crippen LogP contribution is 2.37. The van der Waals surface area contributed by atoms with Crippen LogP contribution < -0.4 is 5.32 Å². The maximum atomic E-state index is 10.9. The monoisotopic (exact) mass is 429 g/mol. The number of aromatic nitrogens is 2. The van der Waals surface area contributed by atoms with E-state index in [-0.39, 0.29) is 5.75 Å². The van der Waals surface area contributed by atoms with Gasteiger partial charge in [0.2, 0.25) is 0 Å². The van der Waals surface area contributed by atoms with E-state index in [0.717, 1.165) is 10.9 Å². The first-order valence-corrected chi connectivity index (χ1v) is 9.56. The molecule has 7 heteroatoms. The lowest BCUT2D eigenvalue weighted by Crippen LogP contribution is -2.14. The molecule has 0 amide bonds. The van der Waals surface area contributed by atoms with Crippen LogP contribution >= 0.6 is 34.8 Å². The van der Waals surface area contributed by atoms with Crippen molar-refractivity contribution in [1.82, 2.24) is 9.97 Å². The molecule has 1 unspecified atom stereocenters. The van der Waals surface area contributed by atoms with E-state index >= 15 is 0 Å². The summed E-state index contributed by atoms with van der Waals surface area (Å²) in [5, 5.41) is 16.4. The van der Waals surface area contributed by atoms with Crippen LogP contribution in [0.5, 0.6) is 5.75 Å². The van der Waals surface area contributed by atoms with E-state index < -0.39 is 6.04 Å². The first kappa shape index (κ1) is 18.8. The van der Waals surface area contributed by atoms with Crippen molar-refractivity contribution in [1.29, 1.82) is 0 Å². The molecule has 2 heterocycles. The number of phenols is 1. The molecule has 0 aliphatic rings. The third-order valence-electron chi connectivity index (χ3n) is 4.37. The van der Waals surface area contributed by atoms with E-state index in [1.165, 1.54) is 6.20 Å². The predicted octanol–water partition coefficient (Wildman–Crippen LogP) is 6.50. The van der Waals surface area contributed by atoms with Crippen molar-refractivity contribution in [2.75, 3.05) is 5.32 Å². The largest absolute Gasteiger partial charge is 0.505 e. The number of phenolic OH excluding ortho intramolecular Hbond substituents is 1. The van der Waals surface area contributed by atoms with Crippen LogP contribution in [0.3, 0.4) is 0 Å². The Morgan fingerprint density at radius 2 is 1.75 bits per heavy atom. The van der Waals surface area contributed by atoms with Gasteiger partial charge < -0.3 is 10.4 Å². The van der Waals surface area contributed by atoms with Crippen LogP contribution in [0.2, 0.25) is 15.1 Å². The van der Waals surface area contributed by atoms with Crippen LogP contribution in [0.4, 0.5) is 5.82 Å². The van der Waals surface area contributed by atoms with Crippen molar-refractivity contribution in [3.8, 4) is 5.75 Å². The average Bonchev–Trinajstić information content (AvgIpc) is 2.70. The summed E-state index contributed by atoms with van der Waals surface area (Å²) in [5.41, 5.74) is 2.02. The van der Waals surface area contributed by atoms with Gasteiger partial charge >= 0.3 is 0 Å². The number of nitrogens with one attached hydrogen (secondary N) is 1. The highest BCUT2D eigenvalue weighted by Gasteiger charge is 2.21. The normalized spacial score (nSPS) is 12.1. The lowest BCUT2D eigenvalue weighted by molar-refractivity contribution is 0.471. The maximum Gasteiger partial charge on any atom is 0.147 e. The zero-order valence-corrected chi connectivity index (χ0v) is 16.7. The van der Waals surface area contributed by atoms with Gasteiger partial charge in [-0.25, -0.2) is 4.98 Å². The molecule has 2 aromatic carbocycles. The van der Waals surface area contributed by atoms with Crippen molar-refractivity contribution in [2.45, 2.75) is 6.04 Å². The first-order valence-electron chi connectivity index (χ1n) is 8.42. The minimum Gasteiger partial charge on any atom is -0.505 e. The van der Waals surface area contributed by atoms with E-state index in [9.17, 15) is 5.11 Å². The molecule has 0 bridgehead atoms. The predicted molar refractivity (Wildman–Crippen MR) is 115 cm³/mol. The molecular weight excluding hydrogens is 417 g/mol. The molecule has 1 atom stereocenters. The van der Waals surface area contributed by atoms with Crippen LogP contribution in [0, 0.1) is 0 Å². The van der Waals surface area contributed by atoms with Gasteiger partial charge in [-0.1, -0.05) is 65.1 Å². The second-order valence-corrected chi connectivity index (χ2v) is 7.45. The van der Waals surface area contributed by atoms with E-state index in [4.69, 9.17) is 34.8 Å². The van der Waals surface area contributed by atoms with Gasteiger partial charge in [0.1, 0.15) is 17.1 Å². The van der Waals surface area contributed by atoms with E-state index in [0.29, 0.717) is 32.0 Å². The Hall–Kier alpha value is -2.53. The standard InChI is InChI=1S/C21H14Cl3N3O/c22-14-5-1-3-13(9-14)19(27-18-10-16(23)17(24)11-26-18)15-7-6-12-4-2-8-25-20(12)21(15)28/h1-11,19,28H,(H,26,27). The number of halogens is 3. The molecule has 2 N–H and O–H groups in total. The zero-order valence-electron chi connectivity index (χ0n) is 14.4. The highest BCUT2D eigenvalue weighted by molar-refractivity contribution is 6.42. The van der Waals surface area contributed by atoms with Crippen molar-refractivity contribution in [3.05, 3.63) is 93.2 Å². The number of nitrogens with zero attached hydrogens (tertiary/aromatic N) is 2. The van der Waals surface area contributed by atoms with Gasteiger partial charge in [-0.15, -0.1) is 0 Å². The fourth-order valence-corrected chi connectivity index (χ4v) is 3.50. The summed E-state index contributed by atoms with van der Waals surface area (Å²) >= 11 is 18.3. The Kier molecular flexibility index (Phi) is 5.27. The SMILES string of the molecule is Oc1c(C(Nc2cc(Cl)c(Cl)cn2)c2cccc(Cl)c2)ccc2cccnc12. The topological polar surface area (TPSA) is 58.0 Å². The molecule has 4 aromatic rings. The highest BCUT2D eigenvalue weighted by atomic mass is 35.5. The second kappa shape index (κ2) is 7.84. The summed E-state index contributed by atoms with van der Waals surface area (Å²) in [6, 6.07) is 16.1. The quantitative estimate of drug-likeness (QED) is 0.388. The van der Waals surface area contributed by atoms with Crippen molar-refractivity contribution in [3.63, 3.8) is 0 Å². The number of fused-ring (bicyclic) bond motifs is 1. The number of benzene rings is 2. The van der Waals surface area contributed by atoms with Gasteiger partial charge in [-0.3, -0.25) is 4.98 Å². The van der Waals surface area contributed by atoms with Crippen LogP contribution in [-0.4, -0.2) is 15.1 Å². The number of pyridine rings is 2. The Labute approximate surface area is 176 Å². The third-order valence-corrected chi connectivity index (χ3v) is 5.32. The van der Waals surface area contributed by atoms with Crippen molar-refractivity contribution < 1.29 is 5.11 Å². The van der Waals surface area contributed by atoms with Gasteiger partial charge in [0.05, 0.1) is 16.1 Å². The third kappa shape index (κ3) is 3.72.